The average Bonchev–Trinajstić information content (AvgIpc) is 2.71. The molecule has 3 aromatic carbocycles. The molecule has 0 bridgehead atoms. The van der Waals surface area contributed by atoms with Gasteiger partial charge in [-0.3, -0.25) is 4.79 Å². The molecule has 140 valence electrons. The van der Waals surface area contributed by atoms with Gasteiger partial charge in [0.1, 0.15) is 23.0 Å². The van der Waals surface area contributed by atoms with Crippen LogP contribution in [0.5, 0.6) is 23.0 Å². The Balaban J connectivity index is 1.68. The van der Waals surface area contributed by atoms with Crippen molar-refractivity contribution in [2.75, 3.05) is 33.3 Å². The molecule has 0 saturated carbocycles. The summed E-state index contributed by atoms with van der Waals surface area (Å²) in [6.07, 6.45) is 0. The van der Waals surface area contributed by atoms with Crippen LogP contribution in [0.2, 0.25) is 0 Å². The monoisotopic (exact) mass is 367 g/mol. The predicted octanol–water partition coefficient (Wildman–Crippen LogP) is 3.88. The summed E-state index contributed by atoms with van der Waals surface area (Å²) in [4.78, 5) is 12.3. The lowest BCUT2D eigenvalue weighted by atomic mass is 10.1. The summed E-state index contributed by atoms with van der Waals surface area (Å²) >= 11 is 0. The third-order valence-corrected chi connectivity index (χ3v) is 4.07. The van der Waals surface area contributed by atoms with E-state index in [0.29, 0.717) is 22.9 Å². The van der Waals surface area contributed by atoms with E-state index in [9.17, 15) is 4.79 Å². The van der Waals surface area contributed by atoms with Gasteiger partial charge in [0.25, 0.3) is 5.91 Å². The van der Waals surface area contributed by atoms with E-state index < -0.39 is 0 Å². The molecule has 0 heterocycles. The number of hydrogen-bond acceptors (Lipinski definition) is 5. The quantitative estimate of drug-likeness (QED) is 0.686. The molecule has 1 amide bonds. The maximum Gasteiger partial charge on any atom is 0.262 e. The maximum atomic E-state index is 12.3. The van der Waals surface area contributed by atoms with E-state index in [0.717, 1.165) is 16.5 Å². The minimum Gasteiger partial charge on any atom is -0.497 e. The molecule has 0 aromatic heterocycles. The Morgan fingerprint density at radius 1 is 0.778 bits per heavy atom. The van der Waals surface area contributed by atoms with Gasteiger partial charge < -0.3 is 24.3 Å². The van der Waals surface area contributed by atoms with Gasteiger partial charge in [0.05, 0.1) is 27.0 Å². The van der Waals surface area contributed by atoms with E-state index in [2.05, 4.69) is 5.32 Å². The Bertz CT molecular complexity index is 954. The molecule has 3 aromatic rings. The molecule has 3 rings (SSSR count). The van der Waals surface area contributed by atoms with Crippen molar-refractivity contribution in [2.45, 2.75) is 0 Å². The first-order chi connectivity index (χ1) is 13.1. The second-order valence-electron chi connectivity index (χ2n) is 5.78. The van der Waals surface area contributed by atoms with Crippen LogP contribution in [-0.4, -0.2) is 33.8 Å². The summed E-state index contributed by atoms with van der Waals surface area (Å²) in [6, 6.07) is 16.6. The molecular weight excluding hydrogens is 346 g/mol. The number of carbonyl (C=O) groups excluding carboxylic acids is 1. The highest BCUT2D eigenvalue weighted by molar-refractivity contribution is 5.93. The molecule has 1 N–H and O–H groups in total. The zero-order chi connectivity index (χ0) is 19.2. The van der Waals surface area contributed by atoms with Crippen LogP contribution in [0.4, 0.5) is 5.69 Å². The van der Waals surface area contributed by atoms with E-state index in [1.165, 1.54) is 7.11 Å². The maximum absolute atomic E-state index is 12.3. The number of rotatable bonds is 7. The first-order valence-corrected chi connectivity index (χ1v) is 8.35. The number of nitrogens with one attached hydrogen (secondary N) is 1. The van der Waals surface area contributed by atoms with Crippen molar-refractivity contribution in [1.82, 2.24) is 0 Å². The molecule has 0 aliphatic heterocycles. The van der Waals surface area contributed by atoms with Crippen LogP contribution in [0.3, 0.4) is 0 Å². The van der Waals surface area contributed by atoms with Crippen molar-refractivity contribution in [3.05, 3.63) is 54.6 Å². The summed E-state index contributed by atoms with van der Waals surface area (Å²) in [5.41, 5.74) is 0.522. The number of ether oxygens (including phenoxy) is 4. The third kappa shape index (κ3) is 4.41. The summed E-state index contributed by atoms with van der Waals surface area (Å²) in [7, 11) is 4.72. The van der Waals surface area contributed by atoms with Gasteiger partial charge in [-0.2, -0.15) is 0 Å². The lowest BCUT2D eigenvalue weighted by molar-refractivity contribution is -0.118. The third-order valence-electron chi connectivity index (χ3n) is 4.07. The molecule has 0 aliphatic carbocycles. The minimum atomic E-state index is -0.299. The number of methoxy groups -OCH3 is 3. The van der Waals surface area contributed by atoms with Gasteiger partial charge in [-0.15, -0.1) is 0 Å². The number of anilines is 1. The van der Waals surface area contributed by atoms with Gasteiger partial charge in [-0.05, 0) is 47.2 Å². The van der Waals surface area contributed by atoms with Crippen LogP contribution in [-0.2, 0) is 4.79 Å². The molecular formula is C21H21NO5. The molecule has 0 spiro atoms. The van der Waals surface area contributed by atoms with Crippen molar-refractivity contribution < 1.29 is 23.7 Å². The molecule has 6 heteroatoms. The number of amides is 1. The van der Waals surface area contributed by atoms with E-state index in [1.54, 1.807) is 32.4 Å². The predicted molar refractivity (Wildman–Crippen MR) is 104 cm³/mol. The van der Waals surface area contributed by atoms with Crippen molar-refractivity contribution in [3.8, 4) is 23.0 Å². The SMILES string of the molecule is COc1ccc(OC)c(NC(=O)COc2ccc3ccc(OC)cc3c2)c1. The lowest BCUT2D eigenvalue weighted by Gasteiger charge is -2.12. The van der Waals surface area contributed by atoms with E-state index in [4.69, 9.17) is 18.9 Å². The molecule has 0 atom stereocenters. The van der Waals surface area contributed by atoms with Gasteiger partial charge in [-0.1, -0.05) is 12.1 Å². The molecule has 27 heavy (non-hydrogen) atoms. The second-order valence-corrected chi connectivity index (χ2v) is 5.78. The summed E-state index contributed by atoms with van der Waals surface area (Å²) in [6.45, 7) is -0.129. The first-order valence-electron chi connectivity index (χ1n) is 8.35. The summed E-state index contributed by atoms with van der Waals surface area (Å²) < 4.78 is 21.3. The Hall–Kier alpha value is -3.41. The first kappa shape index (κ1) is 18.4. The number of benzene rings is 3. The number of carbonyl (C=O) groups is 1. The average molecular weight is 367 g/mol. The van der Waals surface area contributed by atoms with Crippen molar-refractivity contribution >= 4 is 22.4 Å². The fourth-order valence-corrected chi connectivity index (χ4v) is 2.67. The number of hydrogen-bond donors (Lipinski definition) is 1. The van der Waals surface area contributed by atoms with Gasteiger partial charge >= 0.3 is 0 Å². The van der Waals surface area contributed by atoms with Gasteiger partial charge in [0.15, 0.2) is 6.61 Å². The van der Waals surface area contributed by atoms with E-state index in [-0.39, 0.29) is 12.5 Å². The largest absolute Gasteiger partial charge is 0.497 e. The standard InChI is InChI=1S/C21H21NO5/c1-24-16-6-4-14-5-7-18(11-15(14)10-16)27-13-21(23)22-19-12-17(25-2)8-9-20(19)26-3/h4-12H,13H2,1-3H3,(H,22,23). The highest BCUT2D eigenvalue weighted by Crippen LogP contribution is 2.29. The minimum absolute atomic E-state index is 0.129. The molecule has 0 aliphatic rings. The zero-order valence-electron chi connectivity index (χ0n) is 15.4. The van der Waals surface area contributed by atoms with Crippen LogP contribution < -0.4 is 24.3 Å². The molecule has 6 nitrogen and oxygen atoms in total. The van der Waals surface area contributed by atoms with E-state index in [1.807, 2.05) is 36.4 Å². The van der Waals surface area contributed by atoms with Crippen LogP contribution in [0.15, 0.2) is 54.6 Å². The summed E-state index contributed by atoms with van der Waals surface area (Å²) in [5.74, 6) is 2.23. The molecule has 0 unspecified atom stereocenters. The second kappa shape index (κ2) is 8.31. The van der Waals surface area contributed by atoms with Crippen molar-refractivity contribution in [3.63, 3.8) is 0 Å². The Labute approximate surface area is 157 Å². The van der Waals surface area contributed by atoms with E-state index >= 15 is 0 Å². The summed E-state index contributed by atoms with van der Waals surface area (Å²) in [5, 5.41) is 4.81. The molecule has 0 fully saturated rings. The number of fused-ring (bicyclic) bond motifs is 1. The van der Waals surface area contributed by atoms with Gasteiger partial charge in [0.2, 0.25) is 0 Å². The Kier molecular flexibility index (Phi) is 5.66. The van der Waals surface area contributed by atoms with Crippen molar-refractivity contribution in [2.24, 2.45) is 0 Å². The fraction of sp³-hybridized carbons (Fsp3) is 0.190. The van der Waals surface area contributed by atoms with Crippen molar-refractivity contribution in [1.29, 1.82) is 0 Å². The normalized spacial score (nSPS) is 10.3. The van der Waals surface area contributed by atoms with Crippen LogP contribution in [0.1, 0.15) is 0 Å². The zero-order valence-corrected chi connectivity index (χ0v) is 15.4. The lowest BCUT2D eigenvalue weighted by Crippen LogP contribution is -2.20. The molecule has 0 saturated heterocycles. The Morgan fingerprint density at radius 2 is 1.41 bits per heavy atom. The van der Waals surface area contributed by atoms with Crippen LogP contribution in [0.25, 0.3) is 10.8 Å². The highest BCUT2D eigenvalue weighted by Gasteiger charge is 2.10. The fourth-order valence-electron chi connectivity index (χ4n) is 2.67. The van der Waals surface area contributed by atoms with Crippen LogP contribution >= 0.6 is 0 Å². The topological polar surface area (TPSA) is 66.0 Å². The smallest absolute Gasteiger partial charge is 0.262 e. The highest BCUT2D eigenvalue weighted by atomic mass is 16.5. The van der Waals surface area contributed by atoms with Gasteiger partial charge in [0, 0.05) is 6.07 Å². The Morgan fingerprint density at radius 3 is 2.11 bits per heavy atom. The van der Waals surface area contributed by atoms with Gasteiger partial charge in [-0.25, -0.2) is 0 Å². The van der Waals surface area contributed by atoms with Crippen LogP contribution in [0, 0.1) is 0 Å². The molecule has 0 radical (unpaired) electrons.